The van der Waals surface area contributed by atoms with Crippen molar-refractivity contribution in [3.8, 4) is 0 Å². The van der Waals surface area contributed by atoms with Crippen LogP contribution in [0.2, 0.25) is 0 Å². The molecule has 0 bridgehead atoms. The van der Waals surface area contributed by atoms with Gasteiger partial charge in [-0.15, -0.1) is 5.12 Å². The highest BCUT2D eigenvalue weighted by atomic mass is 19.3. The summed E-state index contributed by atoms with van der Waals surface area (Å²) in [4.78, 5) is 59.5. The number of carbonyl (C=O) groups is 3. The molecule has 2 heterocycles. The van der Waals surface area contributed by atoms with E-state index in [9.17, 15) is 45.6 Å². The van der Waals surface area contributed by atoms with Crippen molar-refractivity contribution >= 4 is 40.6 Å². The molecule has 1 atom stereocenters. The number of carboxylic acid groups (broad SMARTS) is 2. The van der Waals surface area contributed by atoms with Crippen molar-refractivity contribution in [3.63, 3.8) is 0 Å². The van der Waals surface area contributed by atoms with E-state index in [4.69, 9.17) is 15.9 Å². The van der Waals surface area contributed by atoms with Gasteiger partial charge in [-0.3, -0.25) is 14.6 Å². The maximum Gasteiger partial charge on any atom is 0.410 e. The number of fused-ring (bicyclic) bond motifs is 1. The van der Waals surface area contributed by atoms with Gasteiger partial charge in [0, 0.05) is 11.3 Å². The zero-order valence-corrected chi connectivity index (χ0v) is 18.3. The molecule has 0 unspecified atom stereocenters. The van der Waals surface area contributed by atoms with E-state index < -0.39 is 51.7 Å². The molecule has 0 saturated carbocycles. The number of halogens is 6. The van der Waals surface area contributed by atoms with Crippen LogP contribution in [0, 0.1) is 0 Å². The maximum absolute atomic E-state index is 14.6. The van der Waals surface area contributed by atoms with Gasteiger partial charge in [-0.25, -0.2) is 19.6 Å². The van der Waals surface area contributed by atoms with Crippen LogP contribution in [0.25, 0.3) is 11.2 Å². The first kappa shape index (κ1) is 27.6. The predicted molar refractivity (Wildman–Crippen MR) is 112 cm³/mol. The van der Waals surface area contributed by atoms with Crippen molar-refractivity contribution < 1.29 is 51.0 Å². The van der Waals surface area contributed by atoms with Crippen LogP contribution in [0.1, 0.15) is 16.1 Å². The number of nitrogens with one attached hydrogen (secondary N) is 2. The van der Waals surface area contributed by atoms with E-state index in [0.717, 1.165) is 12.1 Å². The van der Waals surface area contributed by atoms with Crippen molar-refractivity contribution in [2.24, 2.45) is 0 Å². The Labute approximate surface area is 204 Å². The second kappa shape index (κ2) is 9.48. The Hall–Kier alpha value is -4.97. The zero-order valence-electron chi connectivity index (χ0n) is 18.3. The molecule has 19 heteroatoms. The van der Waals surface area contributed by atoms with E-state index in [-0.39, 0.29) is 35.0 Å². The van der Waals surface area contributed by atoms with Crippen LogP contribution in [0.5, 0.6) is 0 Å². The molecular formula is C19H13F6N7O6. The van der Waals surface area contributed by atoms with Crippen LogP contribution in [-0.2, 0) is 16.1 Å². The van der Waals surface area contributed by atoms with Crippen LogP contribution in [0.15, 0.2) is 35.3 Å². The number of nitrogens with zero attached hydrogens (tertiary/aromatic N) is 4. The lowest BCUT2D eigenvalue weighted by Crippen LogP contribution is -2.69. The molecule has 1 aromatic carbocycles. The minimum atomic E-state index is -6.74. The Balaban J connectivity index is 1.80. The van der Waals surface area contributed by atoms with Gasteiger partial charge in [0.15, 0.2) is 11.2 Å². The summed E-state index contributed by atoms with van der Waals surface area (Å²) in [6, 6.07) is 3.40. The molecule has 6 N–H and O–H groups in total. The molecule has 0 aliphatic rings. The third-order valence-corrected chi connectivity index (χ3v) is 4.90. The number of amides is 1. The van der Waals surface area contributed by atoms with E-state index in [1.165, 1.54) is 6.20 Å². The molecule has 1 amide bonds. The minimum Gasteiger partial charge on any atom is -0.477 e. The molecule has 3 aromatic rings. The summed E-state index contributed by atoms with van der Waals surface area (Å²) in [5.74, 6) is -29.1. The lowest BCUT2D eigenvalue weighted by Gasteiger charge is -2.35. The number of hydrogen-bond acceptors (Lipinski definition) is 9. The number of rotatable bonds is 9. The number of aromatic nitrogens is 4. The monoisotopic (exact) mass is 549 g/mol. The second-order valence-electron chi connectivity index (χ2n) is 7.38. The number of nitrogens with two attached hydrogens (primary N) is 1. The van der Waals surface area contributed by atoms with Gasteiger partial charge in [-0.2, -0.15) is 26.9 Å². The fourth-order valence-electron chi connectivity index (χ4n) is 2.92. The molecule has 0 saturated heterocycles. The summed E-state index contributed by atoms with van der Waals surface area (Å²) in [6.07, 6.45) is 1.24. The standard InChI is InChI=1S/C19H13F6N7O6/c20-17(21,14(35)36)19(23,24)18(22,15(37)38)32(25)13(34)7-1-3-8(4-2-7)27-5-9-6-28-11-10(29-9)12(33)31-16(26)30-11/h1-4,6,27H,5H2,(H,35,36)(H,37,38)(H3,26,28,30,31,33)/t18-/m1/s1. The molecule has 0 fully saturated rings. The first-order valence-electron chi connectivity index (χ1n) is 9.81. The molecule has 0 radical (unpaired) electrons. The molecule has 0 spiro atoms. The average molecular weight is 549 g/mol. The van der Waals surface area contributed by atoms with Crippen molar-refractivity contribution in [2.45, 2.75) is 24.2 Å². The molecule has 13 nitrogen and oxygen atoms in total. The van der Waals surface area contributed by atoms with Gasteiger partial charge >= 0.3 is 29.6 Å². The van der Waals surface area contributed by atoms with E-state index in [1.807, 2.05) is 0 Å². The van der Waals surface area contributed by atoms with Crippen molar-refractivity contribution in [1.29, 1.82) is 0 Å². The number of aliphatic carboxylic acids is 2. The van der Waals surface area contributed by atoms with E-state index in [0.29, 0.717) is 12.1 Å². The van der Waals surface area contributed by atoms with Crippen LogP contribution in [0.4, 0.5) is 38.1 Å². The molecule has 202 valence electrons. The Morgan fingerprint density at radius 3 is 2.18 bits per heavy atom. The third kappa shape index (κ3) is 4.48. The van der Waals surface area contributed by atoms with Gasteiger partial charge < -0.3 is 21.3 Å². The number of anilines is 2. The summed E-state index contributed by atoms with van der Waals surface area (Å²) in [5, 5.41) is 17.4. The average Bonchev–Trinajstić information content (AvgIpc) is 2.86. The minimum absolute atomic E-state index is 0.0364. The lowest BCUT2D eigenvalue weighted by atomic mass is 9.99. The molecule has 38 heavy (non-hydrogen) atoms. The summed E-state index contributed by atoms with van der Waals surface area (Å²) in [5.41, 5.74) is 3.93. The first-order valence-corrected chi connectivity index (χ1v) is 9.81. The molecule has 2 aromatic heterocycles. The van der Waals surface area contributed by atoms with E-state index in [2.05, 4.69) is 25.3 Å². The first-order chi connectivity index (χ1) is 17.5. The number of hydrogen-bond donors (Lipinski definition) is 5. The highest BCUT2D eigenvalue weighted by Gasteiger charge is 2.81. The van der Waals surface area contributed by atoms with Crippen molar-refractivity contribution in [1.82, 2.24) is 25.1 Å². The topological polar surface area (TPSA) is 204 Å². The second-order valence-corrected chi connectivity index (χ2v) is 7.38. The zero-order chi connectivity index (χ0) is 28.6. The number of nitrogen functional groups attached to an aromatic ring is 1. The van der Waals surface area contributed by atoms with Gasteiger partial charge in [0.25, 0.3) is 11.5 Å². The highest BCUT2D eigenvalue weighted by molar-refractivity contribution is 5.97. The molecule has 0 aliphatic carbocycles. The summed E-state index contributed by atoms with van der Waals surface area (Å²) in [6.45, 7) is -0.0988. The Morgan fingerprint density at radius 1 is 1.03 bits per heavy atom. The Morgan fingerprint density at radius 2 is 1.63 bits per heavy atom. The van der Waals surface area contributed by atoms with Crippen LogP contribution >= 0.6 is 0 Å². The van der Waals surface area contributed by atoms with Gasteiger partial charge in [0.2, 0.25) is 5.95 Å². The smallest absolute Gasteiger partial charge is 0.410 e. The van der Waals surface area contributed by atoms with Crippen LogP contribution in [0.3, 0.4) is 0 Å². The summed E-state index contributed by atoms with van der Waals surface area (Å²) in [7, 11) is 0. The number of carboxylic acids is 2. The van der Waals surface area contributed by atoms with Crippen LogP contribution < -0.4 is 16.6 Å². The van der Waals surface area contributed by atoms with Gasteiger partial charge in [-0.1, -0.05) is 4.48 Å². The third-order valence-electron chi connectivity index (χ3n) is 4.90. The number of benzene rings is 1. The lowest BCUT2D eigenvalue weighted by molar-refractivity contribution is -0.313. The molecule has 3 rings (SSSR count). The Kier molecular flexibility index (Phi) is 6.89. The predicted octanol–water partition coefficient (Wildman–Crippen LogP) is 1.34. The van der Waals surface area contributed by atoms with E-state index in [1.54, 1.807) is 0 Å². The van der Waals surface area contributed by atoms with Crippen molar-refractivity contribution in [3.05, 3.63) is 52.1 Å². The number of aromatic amines is 1. The summed E-state index contributed by atoms with van der Waals surface area (Å²) >= 11 is 0. The molecular weight excluding hydrogens is 536 g/mol. The van der Waals surface area contributed by atoms with E-state index >= 15 is 0 Å². The van der Waals surface area contributed by atoms with Gasteiger partial charge in [-0.05, 0) is 24.3 Å². The van der Waals surface area contributed by atoms with Crippen LogP contribution in [-0.4, -0.2) is 70.8 Å². The number of carbonyl (C=O) groups excluding carboxylic acids is 1. The molecule has 0 aliphatic heterocycles. The Bertz CT molecular complexity index is 1490. The highest BCUT2D eigenvalue weighted by Crippen LogP contribution is 2.47. The summed E-state index contributed by atoms with van der Waals surface area (Å²) < 4.78 is 83.7. The van der Waals surface area contributed by atoms with Crippen molar-refractivity contribution in [2.75, 3.05) is 11.1 Å². The fraction of sp³-hybridized carbons (Fsp3) is 0.211. The normalized spacial score (nSPS) is 13.5. The van der Waals surface area contributed by atoms with Gasteiger partial charge in [0.1, 0.15) is 0 Å². The SMILES string of the molecule is Nc1nc2ncc(CNc3ccc(C(=O)N(F)[C@](F)(C(=O)O)C(F)(F)C(F)(F)C(=O)O)cc3)nc2c(=O)[nH]1. The largest absolute Gasteiger partial charge is 0.477 e. The fourth-order valence-corrected chi connectivity index (χ4v) is 2.92. The maximum atomic E-state index is 14.6. The number of H-pyrrole nitrogens is 1. The number of alkyl halides is 5. The van der Waals surface area contributed by atoms with Gasteiger partial charge in [0.05, 0.1) is 18.4 Å². The quantitative estimate of drug-likeness (QED) is 0.146.